The molecule has 0 spiro atoms. The molecule has 1 aromatic carbocycles. The van der Waals surface area contributed by atoms with Gasteiger partial charge in [-0.05, 0) is 13.0 Å². The molecular weight excluding hydrogens is 249 g/mol. The zero-order valence-electron chi connectivity index (χ0n) is 7.47. The Morgan fingerprint density at radius 2 is 2.43 bits per heavy atom. The van der Waals surface area contributed by atoms with Crippen molar-refractivity contribution in [1.82, 2.24) is 0 Å². The van der Waals surface area contributed by atoms with Crippen LogP contribution < -0.4 is 4.74 Å². The molecule has 1 atom stereocenters. The quantitative estimate of drug-likeness (QED) is 0.715. The Labute approximate surface area is 89.4 Å². The standard InChI is InChI=1S/C10H7BrFNO/c1-5-2-6-8(11)3-9(12)7(4-13)10(6)14-5/h3,5H,2H2,1H3. The summed E-state index contributed by atoms with van der Waals surface area (Å²) < 4.78 is 19.4. The maximum Gasteiger partial charge on any atom is 0.145 e. The van der Waals surface area contributed by atoms with Crippen LogP contribution in [0.1, 0.15) is 18.1 Å². The van der Waals surface area contributed by atoms with E-state index in [1.54, 1.807) is 0 Å². The first-order chi connectivity index (χ1) is 6.63. The van der Waals surface area contributed by atoms with Crippen molar-refractivity contribution in [2.75, 3.05) is 0 Å². The Bertz CT molecular complexity index is 439. The second kappa shape index (κ2) is 3.25. The van der Waals surface area contributed by atoms with Crippen LogP contribution in [-0.2, 0) is 6.42 Å². The number of nitriles is 1. The smallest absolute Gasteiger partial charge is 0.145 e. The fourth-order valence-corrected chi connectivity index (χ4v) is 2.14. The van der Waals surface area contributed by atoms with Crippen LogP contribution in [-0.4, -0.2) is 6.10 Å². The van der Waals surface area contributed by atoms with Crippen molar-refractivity contribution in [3.05, 3.63) is 27.5 Å². The molecule has 1 unspecified atom stereocenters. The summed E-state index contributed by atoms with van der Waals surface area (Å²) in [5.41, 5.74) is 0.892. The number of hydrogen-bond acceptors (Lipinski definition) is 2. The third kappa shape index (κ3) is 1.28. The second-order valence-corrected chi connectivity index (χ2v) is 4.12. The van der Waals surface area contributed by atoms with Gasteiger partial charge in [0.2, 0.25) is 0 Å². The lowest BCUT2D eigenvalue weighted by Crippen LogP contribution is -2.05. The molecule has 0 bridgehead atoms. The van der Waals surface area contributed by atoms with Crippen molar-refractivity contribution in [3.63, 3.8) is 0 Å². The van der Waals surface area contributed by atoms with Crippen LogP contribution in [0.3, 0.4) is 0 Å². The number of nitrogens with zero attached hydrogens (tertiary/aromatic N) is 1. The molecule has 4 heteroatoms. The average Bonchev–Trinajstić information content (AvgIpc) is 2.48. The minimum absolute atomic E-state index is 0.00699. The molecule has 1 aliphatic heterocycles. The van der Waals surface area contributed by atoms with Gasteiger partial charge in [-0.1, -0.05) is 15.9 Å². The molecule has 0 aliphatic carbocycles. The van der Waals surface area contributed by atoms with Crippen molar-refractivity contribution in [3.8, 4) is 11.8 Å². The van der Waals surface area contributed by atoms with E-state index in [1.807, 2.05) is 13.0 Å². The molecule has 2 rings (SSSR count). The summed E-state index contributed by atoms with van der Waals surface area (Å²) in [5.74, 6) is -0.140. The summed E-state index contributed by atoms with van der Waals surface area (Å²) in [5, 5.41) is 8.77. The number of fused-ring (bicyclic) bond motifs is 1. The Morgan fingerprint density at radius 1 is 1.71 bits per heavy atom. The first-order valence-electron chi connectivity index (χ1n) is 4.21. The Balaban J connectivity index is 2.68. The van der Waals surface area contributed by atoms with Gasteiger partial charge >= 0.3 is 0 Å². The molecule has 0 fully saturated rings. The predicted octanol–water partition coefficient (Wildman–Crippen LogP) is 2.78. The van der Waals surface area contributed by atoms with Crippen molar-refractivity contribution in [2.45, 2.75) is 19.4 Å². The molecule has 0 amide bonds. The van der Waals surface area contributed by atoms with E-state index in [-0.39, 0.29) is 11.7 Å². The van der Waals surface area contributed by atoms with Gasteiger partial charge in [0.15, 0.2) is 0 Å². The summed E-state index contributed by atoms with van der Waals surface area (Å²) in [6, 6.07) is 3.14. The molecule has 0 aromatic heterocycles. The highest BCUT2D eigenvalue weighted by Gasteiger charge is 2.27. The number of halogens is 2. The van der Waals surface area contributed by atoms with Gasteiger partial charge in [-0.15, -0.1) is 0 Å². The van der Waals surface area contributed by atoms with E-state index in [2.05, 4.69) is 15.9 Å². The van der Waals surface area contributed by atoms with Gasteiger partial charge in [-0.3, -0.25) is 0 Å². The topological polar surface area (TPSA) is 33.0 Å². The highest BCUT2D eigenvalue weighted by molar-refractivity contribution is 9.10. The molecule has 0 saturated heterocycles. The lowest BCUT2D eigenvalue weighted by Gasteiger charge is -2.05. The number of rotatable bonds is 0. The van der Waals surface area contributed by atoms with E-state index in [4.69, 9.17) is 10.00 Å². The van der Waals surface area contributed by atoms with Gasteiger partial charge in [0, 0.05) is 16.5 Å². The van der Waals surface area contributed by atoms with Crippen molar-refractivity contribution >= 4 is 15.9 Å². The zero-order valence-corrected chi connectivity index (χ0v) is 9.06. The summed E-state index contributed by atoms with van der Waals surface area (Å²) >= 11 is 3.26. The van der Waals surface area contributed by atoms with Crippen molar-refractivity contribution in [1.29, 1.82) is 5.26 Å². The van der Waals surface area contributed by atoms with E-state index in [1.165, 1.54) is 6.07 Å². The number of ether oxygens (including phenoxy) is 1. The monoisotopic (exact) mass is 255 g/mol. The minimum atomic E-state index is -0.535. The average molecular weight is 256 g/mol. The van der Waals surface area contributed by atoms with Gasteiger partial charge in [0.25, 0.3) is 0 Å². The van der Waals surface area contributed by atoms with Crippen LogP contribution in [0.2, 0.25) is 0 Å². The molecular formula is C10H7BrFNO. The SMILES string of the molecule is CC1Cc2c(Br)cc(F)c(C#N)c2O1. The van der Waals surface area contributed by atoms with Crippen LogP contribution in [0.25, 0.3) is 0 Å². The maximum absolute atomic E-state index is 13.3. The normalized spacial score (nSPS) is 18.6. The van der Waals surface area contributed by atoms with Gasteiger partial charge < -0.3 is 4.74 Å². The Hall–Kier alpha value is -1.08. The molecule has 14 heavy (non-hydrogen) atoms. The van der Waals surface area contributed by atoms with E-state index in [9.17, 15) is 4.39 Å². The highest BCUT2D eigenvalue weighted by Crippen LogP contribution is 2.38. The fraction of sp³-hybridized carbons (Fsp3) is 0.300. The Kier molecular flexibility index (Phi) is 2.20. The van der Waals surface area contributed by atoms with Crippen LogP contribution in [0, 0.1) is 17.1 Å². The third-order valence-corrected chi connectivity index (χ3v) is 2.91. The van der Waals surface area contributed by atoms with Crippen LogP contribution in [0.5, 0.6) is 5.75 Å². The molecule has 1 aliphatic rings. The van der Waals surface area contributed by atoms with E-state index in [0.717, 1.165) is 5.56 Å². The Morgan fingerprint density at radius 3 is 3.07 bits per heavy atom. The lowest BCUT2D eigenvalue weighted by atomic mass is 10.1. The van der Waals surface area contributed by atoms with Crippen molar-refractivity contribution in [2.24, 2.45) is 0 Å². The molecule has 0 N–H and O–H groups in total. The van der Waals surface area contributed by atoms with Crippen LogP contribution in [0.4, 0.5) is 4.39 Å². The first kappa shape index (κ1) is 9.47. The van der Waals surface area contributed by atoms with E-state index >= 15 is 0 Å². The molecule has 0 saturated carbocycles. The molecule has 1 aromatic rings. The van der Waals surface area contributed by atoms with E-state index < -0.39 is 5.82 Å². The van der Waals surface area contributed by atoms with Gasteiger partial charge in [-0.2, -0.15) is 5.26 Å². The fourth-order valence-electron chi connectivity index (χ4n) is 1.59. The molecule has 1 heterocycles. The highest BCUT2D eigenvalue weighted by atomic mass is 79.9. The molecule has 2 nitrogen and oxygen atoms in total. The minimum Gasteiger partial charge on any atom is -0.489 e. The van der Waals surface area contributed by atoms with Gasteiger partial charge in [0.1, 0.15) is 29.3 Å². The van der Waals surface area contributed by atoms with Crippen molar-refractivity contribution < 1.29 is 9.13 Å². The number of hydrogen-bond donors (Lipinski definition) is 0. The largest absolute Gasteiger partial charge is 0.489 e. The molecule has 72 valence electrons. The van der Waals surface area contributed by atoms with Gasteiger partial charge in [0.05, 0.1) is 0 Å². The maximum atomic E-state index is 13.3. The molecule has 0 radical (unpaired) electrons. The van der Waals surface area contributed by atoms with E-state index in [0.29, 0.717) is 16.6 Å². The summed E-state index contributed by atoms with van der Waals surface area (Å²) in [6.07, 6.45) is 0.723. The summed E-state index contributed by atoms with van der Waals surface area (Å²) in [6.45, 7) is 1.89. The predicted molar refractivity (Wildman–Crippen MR) is 52.6 cm³/mol. The lowest BCUT2D eigenvalue weighted by molar-refractivity contribution is 0.253. The summed E-state index contributed by atoms with van der Waals surface area (Å²) in [7, 11) is 0. The van der Waals surface area contributed by atoms with Crippen LogP contribution in [0.15, 0.2) is 10.5 Å². The second-order valence-electron chi connectivity index (χ2n) is 3.27. The third-order valence-electron chi connectivity index (χ3n) is 2.20. The first-order valence-corrected chi connectivity index (χ1v) is 5.00. The number of benzene rings is 1. The van der Waals surface area contributed by atoms with Gasteiger partial charge in [-0.25, -0.2) is 4.39 Å². The summed E-state index contributed by atoms with van der Waals surface area (Å²) in [4.78, 5) is 0. The zero-order chi connectivity index (χ0) is 10.3. The van der Waals surface area contributed by atoms with Crippen LogP contribution >= 0.6 is 15.9 Å².